The Balaban J connectivity index is 1.79. The first-order chi connectivity index (χ1) is 11.0. The first-order valence-corrected chi connectivity index (χ1v) is 10.2. The van der Waals surface area contributed by atoms with Crippen LogP contribution in [0.2, 0.25) is 0 Å². The predicted molar refractivity (Wildman–Crippen MR) is 89.2 cm³/mol. The standard InChI is InChI=1S/C14H21N3O4S2/c18-8-7-17(12-4-10-23(20,21)11-12)14(19)16-6-9-22-13-3-1-2-5-15-13/h1-3,5,12,18H,4,6-11H2,(H,16,19)/t12-/m0/s1. The molecule has 0 saturated carbocycles. The molecule has 1 aliphatic rings. The molecule has 2 amide bonds. The average molecular weight is 359 g/mol. The summed E-state index contributed by atoms with van der Waals surface area (Å²) in [7, 11) is -3.07. The number of pyridine rings is 1. The van der Waals surface area contributed by atoms with E-state index in [4.69, 9.17) is 5.11 Å². The number of aromatic nitrogens is 1. The van der Waals surface area contributed by atoms with Gasteiger partial charge in [0.1, 0.15) is 0 Å². The summed E-state index contributed by atoms with van der Waals surface area (Å²) >= 11 is 1.53. The molecule has 9 heteroatoms. The zero-order valence-electron chi connectivity index (χ0n) is 12.7. The molecule has 7 nitrogen and oxygen atoms in total. The molecular weight excluding hydrogens is 338 g/mol. The number of aliphatic hydroxyl groups excluding tert-OH is 1. The molecule has 0 unspecified atom stereocenters. The minimum atomic E-state index is -3.07. The van der Waals surface area contributed by atoms with Gasteiger partial charge in [0.2, 0.25) is 0 Å². The summed E-state index contributed by atoms with van der Waals surface area (Å²) in [6.45, 7) is 0.396. The maximum Gasteiger partial charge on any atom is 0.317 e. The molecule has 1 aromatic heterocycles. The van der Waals surface area contributed by atoms with Gasteiger partial charge < -0.3 is 15.3 Å². The van der Waals surface area contributed by atoms with Crippen molar-refractivity contribution < 1.29 is 18.3 Å². The van der Waals surface area contributed by atoms with E-state index in [1.54, 1.807) is 6.20 Å². The third-order valence-electron chi connectivity index (χ3n) is 3.52. The Bertz CT molecular complexity index is 610. The van der Waals surface area contributed by atoms with Crippen LogP contribution >= 0.6 is 11.8 Å². The van der Waals surface area contributed by atoms with Gasteiger partial charge in [-0.25, -0.2) is 18.2 Å². The Kier molecular flexibility index (Phi) is 6.67. The summed E-state index contributed by atoms with van der Waals surface area (Å²) < 4.78 is 23.1. The van der Waals surface area contributed by atoms with Crippen molar-refractivity contribution >= 4 is 27.6 Å². The molecule has 0 aromatic carbocycles. The molecule has 1 aromatic rings. The summed E-state index contributed by atoms with van der Waals surface area (Å²) in [6, 6.07) is 4.96. The number of urea groups is 1. The van der Waals surface area contributed by atoms with Gasteiger partial charge in [0.05, 0.1) is 23.1 Å². The van der Waals surface area contributed by atoms with Gasteiger partial charge in [-0.1, -0.05) is 6.07 Å². The summed E-state index contributed by atoms with van der Waals surface area (Å²) in [5, 5.41) is 12.8. The lowest BCUT2D eigenvalue weighted by atomic mass is 10.2. The zero-order valence-corrected chi connectivity index (χ0v) is 14.4. The van der Waals surface area contributed by atoms with Gasteiger partial charge in [-0.15, -0.1) is 11.8 Å². The van der Waals surface area contributed by atoms with Gasteiger partial charge in [-0.3, -0.25) is 0 Å². The Morgan fingerprint density at radius 1 is 1.48 bits per heavy atom. The van der Waals surface area contributed by atoms with Crippen molar-refractivity contribution in [2.24, 2.45) is 0 Å². The highest BCUT2D eigenvalue weighted by Crippen LogP contribution is 2.18. The first-order valence-electron chi connectivity index (χ1n) is 7.41. The number of carbonyl (C=O) groups is 1. The molecule has 0 spiro atoms. The summed E-state index contributed by atoms with van der Waals surface area (Å²) in [6.07, 6.45) is 2.14. The van der Waals surface area contributed by atoms with Crippen molar-refractivity contribution in [3.8, 4) is 0 Å². The topological polar surface area (TPSA) is 99.6 Å². The van der Waals surface area contributed by atoms with Crippen LogP contribution < -0.4 is 5.32 Å². The van der Waals surface area contributed by atoms with Gasteiger partial charge in [-0.05, 0) is 18.6 Å². The molecule has 2 N–H and O–H groups in total. The normalized spacial score (nSPS) is 19.4. The van der Waals surface area contributed by atoms with Crippen LogP contribution in [0, 0.1) is 0 Å². The van der Waals surface area contributed by atoms with Gasteiger partial charge >= 0.3 is 6.03 Å². The fourth-order valence-corrected chi connectivity index (χ4v) is 4.88. The van der Waals surface area contributed by atoms with E-state index in [9.17, 15) is 13.2 Å². The highest BCUT2D eigenvalue weighted by Gasteiger charge is 2.34. The number of carbonyl (C=O) groups excluding carboxylic acids is 1. The number of thioether (sulfide) groups is 1. The van der Waals surface area contributed by atoms with Crippen LogP contribution in [0.3, 0.4) is 0 Å². The van der Waals surface area contributed by atoms with Crippen molar-refractivity contribution in [1.82, 2.24) is 15.2 Å². The maximum absolute atomic E-state index is 12.2. The van der Waals surface area contributed by atoms with Crippen molar-refractivity contribution in [2.75, 3.05) is 37.0 Å². The van der Waals surface area contributed by atoms with Gasteiger partial charge in [0.15, 0.2) is 9.84 Å². The second kappa shape index (κ2) is 8.51. The fourth-order valence-electron chi connectivity index (χ4n) is 2.43. The van der Waals surface area contributed by atoms with Crippen LogP contribution in [-0.4, -0.2) is 72.4 Å². The predicted octanol–water partition coefficient (Wildman–Crippen LogP) is 0.365. The molecule has 128 valence electrons. The van der Waals surface area contributed by atoms with Crippen LogP contribution in [0.25, 0.3) is 0 Å². The van der Waals surface area contributed by atoms with E-state index < -0.39 is 9.84 Å². The minimum absolute atomic E-state index is 0.0247. The van der Waals surface area contributed by atoms with Gasteiger partial charge in [0, 0.05) is 31.1 Å². The number of nitrogens with zero attached hydrogens (tertiary/aromatic N) is 2. The quantitative estimate of drug-likeness (QED) is 0.539. The monoisotopic (exact) mass is 359 g/mol. The molecule has 1 fully saturated rings. The number of aliphatic hydroxyl groups is 1. The molecule has 1 atom stereocenters. The molecule has 2 heterocycles. The van der Waals surface area contributed by atoms with Crippen molar-refractivity contribution in [1.29, 1.82) is 0 Å². The van der Waals surface area contributed by atoms with E-state index in [2.05, 4.69) is 10.3 Å². The van der Waals surface area contributed by atoms with Crippen LogP contribution in [0.4, 0.5) is 4.79 Å². The molecule has 0 aliphatic carbocycles. The van der Waals surface area contributed by atoms with Crippen molar-refractivity contribution in [3.05, 3.63) is 24.4 Å². The minimum Gasteiger partial charge on any atom is -0.395 e. The number of rotatable bonds is 7. The first kappa shape index (κ1) is 18.0. The van der Waals surface area contributed by atoms with E-state index in [0.29, 0.717) is 18.7 Å². The van der Waals surface area contributed by atoms with Crippen LogP contribution in [0.15, 0.2) is 29.4 Å². The van der Waals surface area contributed by atoms with E-state index in [-0.39, 0.29) is 36.7 Å². The molecular formula is C14H21N3O4S2. The van der Waals surface area contributed by atoms with Crippen LogP contribution in [0.1, 0.15) is 6.42 Å². The molecule has 1 aliphatic heterocycles. The van der Waals surface area contributed by atoms with Gasteiger partial charge in [0.25, 0.3) is 0 Å². The summed E-state index contributed by atoms with van der Waals surface area (Å²) in [5.41, 5.74) is 0. The van der Waals surface area contributed by atoms with Crippen molar-refractivity contribution in [2.45, 2.75) is 17.5 Å². The number of amides is 2. The Morgan fingerprint density at radius 2 is 2.30 bits per heavy atom. The van der Waals surface area contributed by atoms with E-state index >= 15 is 0 Å². The van der Waals surface area contributed by atoms with E-state index in [0.717, 1.165) is 5.03 Å². The Labute approximate surface area is 140 Å². The molecule has 0 radical (unpaired) electrons. The Morgan fingerprint density at radius 3 is 2.91 bits per heavy atom. The smallest absolute Gasteiger partial charge is 0.317 e. The third kappa shape index (κ3) is 5.67. The second-order valence-corrected chi connectivity index (χ2v) is 8.57. The second-order valence-electron chi connectivity index (χ2n) is 5.22. The zero-order chi connectivity index (χ0) is 16.7. The van der Waals surface area contributed by atoms with Crippen LogP contribution in [0.5, 0.6) is 0 Å². The lowest BCUT2D eigenvalue weighted by molar-refractivity contribution is 0.158. The largest absolute Gasteiger partial charge is 0.395 e. The van der Waals surface area contributed by atoms with E-state index in [1.807, 2.05) is 18.2 Å². The molecule has 2 rings (SSSR count). The molecule has 23 heavy (non-hydrogen) atoms. The number of nitrogens with one attached hydrogen (secondary N) is 1. The highest BCUT2D eigenvalue weighted by molar-refractivity contribution is 7.99. The van der Waals surface area contributed by atoms with Gasteiger partial charge in [-0.2, -0.15) is 0 Å². The third-order valence-corrected chi connectivity index (χ3v) is 6.21. The Hall–Kier alpha value is -1.32. The lowest BCUT2D eigenvalue weighted by Crippen LogP contribution is -2.48. The number of sulfone groups is 1. The molecule has 1 saturated heterocycles. The van der Waals surface area contributed by atoms with E-state index in [1.165, 1.54) is 16.7 Å². The lowest BCUT2D eigenvalue weighted by Gasteiger charge is -2.27. The highest BCUT2D eigenvalue weighted by atomic mass is 32.2. The summed E-state index contributed by atoms with van der Waals surface area (Å²) in [4.78, 5) is 17.8. The summed E-state index contributed by atoms with van der Waals surface area (Å²) in [5.74, 6) is 0.740. The number of hydrogen-bond acceptors (Lipinski definition) is 6. The maximum atomic E-state index is 12.2. The fraction of sp³-hybridized carbons (Fsp3) is 0.571. The number of hydrogen-bond donors (Lipinski definition) is 2. The van der Waals surface area contributed by atoms with Crippen LogP contribution in [-0.2, 0) is 9.84 Å². The average Bonchev–Trinajstić information content (AvgIpc) is 2.89. The SMILES string of the molecule is O=C(NCCSc1ccccn1)N(CCO)[C@H]1CCS(=O)(=O)C1. The van der Waals surface area contributed by atoms with Crippen molar-refractivity contribution in [3.63, 3.8) is 0 Å². The molecule has 0 bridgehead atoms.